The van der Waals surface area contributed by atoms with E-state index in [0.29, 0.717) is 11.1 Å². The SMILES string of the molecule is NS(=O)(=O)c1cccc(CNC(=O)c2ccncc2Cl)c1. The Morgan fingerprint density at radius 2 is 2.10 bits per heavy atom. The van der Waals surface area contributed by atoms with E-state index < -0.39 is 10.0 Å². The summed E-state index contributed by atoms with van der Waals surface area (Å²) in [6, 6.07) is 7.53. The predicted octanol–water partition coefficient (Wildman–Crippen LogP) is 1.31. The Bertz CT molecular complexity index is 778. The molecule has 0 unspecified atom stereocenters. The van der Waals surface area contributed by atoms with Gasteiger partial charge in [0.2, 0.25) is 10.0 Å². The summed E-state index contributed by atoms with van der Waals surface area (Å²) in [6.07, 6.45) is 2.83. The highest BCUT2D eigenvalue weighted by Crippen LogP contribution is 2.14. The average molecular weight is 326 g/mol. The second kappa shape index (κ2) is 6.21. The standard InChI is InChI=1S/C13H12ClN3O3S/c14-12-8-16-5-4-11(12)13(18)17-7-9-2-1-3-10(6-9)21(15,19)20/h1-6,8H,7H2,(H,17,18)(H2,15,19,20). The van der Waals surface area contributed by atoms with Crippen molar-refractivity contribution in [1.29, 1.82) is 0 Å². The number of hydrogen-bond donors (Lipinski definition) is 2. The molecule has 8 heteroatoms. The number of sulfonamides is 1. The monoisotopic (exact) mass is 325 g/mol. The number of hydrogen-bond acceptors (Lipinski definition) is 4. The zero-order valence-corrected chi connectivity index (χ0v) is 12.4. The molecule has 0 saturated carbocycles. The maximum absolute atomic E-state index is 12.0. The number of nitrogens with one attached hydrogen (secondary N) is 1. The van der Waals surface area contributed by atoms with Crippen LogP contribution in [-0.2, 0) is 16.6 Å². The van der Waals surface area contributed by atoms with Gasteiger partial charge < -0.3 is 5.32 Å². The Morgan fingerprint density at radius 1 is 1.33 bits per heavy atom. The highest BCUT2D eigenvalue weighted by atomic mass is 35.5. The summed E-state index contributed by atoms with van der Waals surface area (Å²) in [5.41, 5.74) is 0.911. The number of primary sulfonamides is 1. The van der Waals surface area contributed by atoms with Gasteiger partial charge in [-0.1, -0.05) is 23.7 Å². The Kier molecular flexibility index (Phi) is 4.56. The van der Waals surface area contributed by atoms with Gasteiger partial charge in [0, 0.05) is 18.9 Å². The van der Waals surface area contributed by atoms with Crippen LogP contribution in [0.2, 0.25) is 5.02 Å². The molecule has 1 aromatic carbocycles. The van der Waals surface area contributed by atoms with Gasteiger partial charge in [0.15, 0.2) is 0 Å². The third kappa shape index (κ3) is 4.01. The van der Waals surface area contributed by atoms with E-state index in [4.69, 9.17) is 16.7 Å². The minimum Gasteiger partial charge on any atom is -0.348 e. The number of rotatable bonds is 4. The lowest BCUT2D eigenvalue weighted by molar-refractivity contribution is 0.0951. The Hall–Kier alpha value is -1.96. The molecule has 0 atom stereocenters. The number of aromatic nitrogens is 1. The van der Waals surface area contributed by atoms with E-state index in [0.717, 1.165) is 0 Å². The molecule has 0 aliphatic heterocycles. The van der Waals surface area contributed by atoms with Crippen LogP contribution in [0.1, 0.15) is 15.9 Å². The van der Waals surface area contributed by atoms with Crippen molar-refractivity contribution < 1.29 is 13.2 Å². The number of benzene rings is 1. The average Bonchev–Trinajstić information content (AvgIpc) is 2.45. The molecule has 0 radical (unpaired) electrons. The summed E-state index contributed by atoms with van der Waals surface area (Å²) in [7, 11) is -3.76. The van der Waals surface area contributed by atoms with E-state index >= 15 is 0 Å². The molecule has 2 rings (SSSR count). The fraction of sp³-hybridized carbons (Fsp3) is 0.0769. The molecule has 0 saturated heterocycles. The first-order valence-corrected chi connectivity index (χ1v) is 7.80. The minimum atomic E-state index is -3.76. The van der Waals surface area contributed by atoms with Gasteiger partial charge in [0.1, 0.15) is 0 Å². The minimum absolute atomic E-state index is 0.00353. The number of carbonyl (C=O) groups is 1. The van der Waals surface area contributed by atoms with Crippen molar-refractivity contribution in [1.82, 2.24) is 10.3 Å². The second-order valence-corrected chi connectivity index (χ2v) is 6.20. The van der Waals surface area contributed by atoms with Crippen molar-refractivity contribution in [2.24, 2.45) is 5.14 Å². The van der Waals surface area contributed by atoms with Gasteiger partial charge in [-0.15, -0.1) is 0 Å². The van der Waals surface area contributed by atoms with E-state index in [9.17, 15) is 13.2 Å². The number of halogens is 1. The fourth-order valence-electron chi connectivity index (χ4n) is 1.67. The van der Waals surface area contributed by atoms with Gasteiger partial charge in [0.05, 0.1) is 15.5 Å². The van der Waals surface area contributed by atoms with Crippen LogP contribution in [0.3, 0.4) is 0 Å². The van der Waals surface area contributed by atoms with Crippen molar-refractivity contribution in [2.45, 2.75) is 11.4 Å². The van der Waals surface area contributed by atoms with E-state index in [1.54, 1.807) is 12.1 Å². The summed E-state index contributed by atoms with van der Waals surface area (Å²) < 4.78 is 22.5. The maximum Gasteiger partial charge on any atom is 0.253 e. The van der Waals surface area contributed by atoms with Gasteiger partial charge >= 0.3 is 0 Å². The third-order valence-electron chi connectivity index (χ3n) is 2.70. The van der Waals surface area contributed by atoms with Gasteiger partial charge in [-0.05, 0) is 23.8 Å². The summed E-state index contributed by atoms with van der Waals surface area (Å²) in [4.78, 5) is 15.7. The zero-order valence-electron chi connectivity index (χ0n) is 10.8. The van der Waals surface area contributed by atoms with Crippen molar-refractivity contribution in [3.8, 4) is 0 Å². The molecule has 110 valence electrons. The fourth-order valence-corrected chi connectivity index (χ4v) is 2.46. The highest BCUT2D eigenvalue weighted by Gasteiger charge is 2.11. The molecule has 1 aromatic heterocycles. The van der Waals surface area contributed by atoms with Gasteiger partial charge in [0.25, 0.3) is 5.91 Å². The molecule has 0 spiro atoms. The van der Waals surface area contributed by atoms with Crippen molar-refractivity contribution in [3.05, 3.63) is 58.9 Å². The largest absolute Gasteiger partial charge is 0.348 e. The molecule has 1 amide bonds. The summed E-state index contributed by atoms with van der Waals surface area (Å²) in [6.45, 7) is 0.154. The van der Waals surface area contributed by atoms with Gasteiger partial charge in [-0.3, -0.25) is 9.78 Å². The van der Waals surface area contributed by atoms with Crippen LogP contribution in [0.4, 0.5) is 0 Å². The number of nitrogens with two attached hydrogens (primary N) is 1. The van der Waals surface area contributed by atoms with Crippen LogP contribution in [0.15, 0.2) is 47.6 Å². The summed E-state index contributed by atoms with van der Waals surface area (Å²) >= 11 is 5.87. The molecule has 21 heavy (non-hydrogen) atoms. The molecule has 6 nitrogen and oxygen atoms in total. The summed E-state index contributed by atoms with van der Waals surface area (Å²) in [5.74, 6) is -0.372. The van der Waals surface area contributed by atoms with Crippen LogP contribution in [0.25, 0.3) is 0 Å². The van der Waals surface area contributed by atoms with Crippen LogP contribution in [-0.4, -0.2) is 19.3 Å². The number of nitrogens with zero attached hydrogens (tertiary/aromatic N) is 1. The first-order chi connectivity index (χ1) is 9.88. The molecule has 0 aliphatic carbocycles. The van der Waals surface area contributed by atoms with E-state index in [2.05, 4.69) is 10.3 Å². The van der Waals surface area contributed by atoms with Gasteiger partial charge in [-0.25, -0.2) is 13.6 Å². The quantitative estimate of drug-likeness (QED) is 0.884. The Morgan fingerprint density at radius 3 is 2.76 bits per heavy atom. The van der Waals surface area contributed by atoms with E-state index in [1.165, 1.54) is 30.6 Å². The maximum atomic E-state index is 12.0. The molecule has 0 aliphatic rings. The third-order valence-corrected chi connectivity index (χ3v) is 3.91. The van der Waals surface area contributed by atoms with E-state index in [-0.39, 0.29) is 22.4 Å². The molecular weight excluding hydrogens is 314 g/mol. The summed E-state index contributed by atoms with van der Waals surface area (Å²) in [5, 5.41) is 7.94. The van der Waals surface area contributed by atoms with Crippen LogP contribution >= 0.6 is 11.6 Å². The Labute approximate surface area is 127 Å². The topological polar surface area (TPSA) is 102 Å². The van der Waals surface area contributed by atoms with Crippen molar-refractivity contribution in [3.63, 3.8) is 0 Å². The molecule has 1 heterocycles. The molecular formula is C13H12ClN3O3S. The molecule has 0 fully saturated rings. The lowest BCUT2D eigenvalue weighted by Gasteiger charge is -2.07. The predicted molar refractivity (Wildman–Crippen MR) is 78.2 cm³/mol. The number of amides is 1. The normalized spacial score (nSPS) is 11.1. The van der Waals surface area contributed by atoms with Crippen LogP contribution < -0.4 is 10.5 Å². The number of pyridine rings is 1. The van der Waals surface area contributed by atoms with Crippen molar-refractivity contribution >= 4 is 27.5 Å². The molecule has 2 aromatic rings. The zero-order chi connectivity index (χ0) is 15.5. The van der Waals surface area contributed by atoms with Crippen LogP contribution in [0.5, 0.6) is 0 Å². The number of carbonyl (C=O) groups excluding carboxylic acids is 1. The van der Waals surface area contributed by atoms with E-state index in [1.807, 2.05) is 0 Å². The van der Waals surface area contributed by atoms with Gasteiger partial charge in [-0.2, -0.15) is 0 Å². The molecule has 0 bridgehead atoms. The Balaban J connectivity index is 2.11. The second-order valence-electron chi connectivity index (χ2n) is 4.23. The molecule has 3 N–H and O–H groups in total. The lowest BCUT2D eigenvalue weighted by atomic mass is 10.2. The smallest absolute Gasteiger partial charge is 0.253 e. The van der Waals surface area contributed by atoms with Crippen LogP contribution in [0, 0.1) is 0 Å². The first kappa shape index (κ1) is 15.4. The van der Waals surface area contributed by atoms with Crippen molar-refractivity contribution in [2.75, 3.05) is 0 Å². The highest BCUT2D eigenvalue weighted by molar-refractivity contribution is 7.89. The lowest BCUT2D eigenvalue weighted by Crippen LogP contribution is -2.23. The first-order valence-electron chi connectivity index (χ1n) is 5.87.